The van der Waals surface area contributed by atoms with E-state index in [4.69, 9.17) is 4.74 Å². The van der Waals surface area contributed by atoms with Gasteiger partial charge < -0.3 is 14.2 Å². The van der Waals surface area contributed by atoms with Crippen LogP contribution < -0.4 is 11.2 Å². The summed E-state index contributed by atoms with van der Waals surface area (Å²) in [7, 11) is 2.63. The van der Waals surface area contributed by atoms with Crippen molar-refractivity contribution in [3.8, 4) is 0 Å². The van der Waals surface area contributed by atoms with E-state index in [2.05, 4.69) is 0 Å². The van der Waals surface area contributed by atoms with Crippen LogP contribution in [0.1, 0.15) is 0 Å². The number of carbonyl (C=O) groups excluding carboxylic acids is 1. The van der Waals surface area contributed by atoms with Gasteiger partial charge in [-0.15, -0.1) is 0 Å². The lowest BCUT2D eigenvalue weighted by Crippen LogP contribution is -2.46. The lowest BCUT2D eigenvalue weighted by molar-refractivity contribution is -0.128. The van der Waals surface area contributed by atoms with Crippen molar-refractivity contribution in [1.82, 2.24) is 18.3 Å². The quantitative estimate of drug-likeness (QED) is 0.545. The van der Waals surface area contributed by atoms with E-state index in [1.165, 1.54) is 40.2 Å². The molecule has 10 nitrogen and oxygen atoms in total. The lowest BCUT2D eigenvalue weighted by atomic mass is 10.5. The van der Waals surface area contributed by atoms with E-state index in [1.807, 2.05) is 0 Å². The Morgan fingerprint density at radius 2 is 1.83 bits per heavy atom. The van der Waals surface area contributed by atoms with Gasteiger partial charge in [0.2, 0.25) is 5.91 Å². The van der Waals surface area contributed by atoms with Gasteiger partial charge in [0.1, 0.15) is 0 Å². The van der Waals surface area contributed by atoms with Crippen LogP contribution in [0.2, 0.25) is 0 Å². The second-order valence-corrected chi connectivity index (χ2v) is 7.28. The summed E-state index contributed by atoms with van der Waals surface area (Å²) in [6.45, 7) is -0.499. The maximum Gasteiger partial charge on any atom is 0.330 e. The smallest absolute Gasteiger partial charge is 0.330 e. The Morgan fingerprint density at radius 3 is 2.33 bits per heavy atom. The third kappa shape index (κ3) is 4.10. The van der Waals surface area contributed by atoms with Crippen LogP contribution in [0, 0.1) is 0 Å². The van der Waals surface area contributed by atoms with Crippen LogP contribution in [-0.4, -0.2) is 73.6 Å². The number of rotatable bonds is 7. The van der Waals surface area contributed by atoms with Crippen LogP contribution in [0.15, 0.2) is 20.7 Å². The van der Waals surface area contributed by atoms with Gasteiger partial charge in [0.25, 0.3) is 15.6 Å². The van der Waals surface area contributed by atoms with Gasteiger partial charge in [-0.05, 0) is 0 Å². The summed E-state index contributed by atoms with van der Waals surface area (Å²) >= 11 is 0. The maximum absolute atomic E-state index is 12.8. The summed E-state index contributed by atoms with van der Waals surface area (Å²) < 4.78 is 33.0. The summed E-state index contributed by atoms with van der Waals surface area (Å²) in [5.74, 6) is -0.448. The van der Waals surface area contributed by atoms with Crippen LogP contribution in [0.3, 0.4) is 0 Å². The van der Waals surface area contributed by atoms with E-state index in [0.29, 0.717) is 4.57 Å². The van der Waals surface area contributed by atoms with E-state index in [0.717, 1.165) is 15.1 Å². The average Bonchev–Trinajstić information content (AvgIpc) is 2.51. The predicted octanol–water partition coefficient (Wildman–Crippen LogP) is -2.19. The molecule has 24 heavy (non-hydrogen) atoms. The summed E-state index contributed by atoms with van der Waals surface area (Å²) in [5, 5.41) is 0. The molecule has 1 aromatic rings. The Balaban J connectivity index is 3.43. The number of hydrogen-bond donors (Lipinski definition) is 0. The highest BCUT2D eigenvalue weighted by atomic mass is 32.2. The first-order valence-corrected chi connectivity index (χ1v) is 8.44. The predicted molar refractivity (Wildman–Crippen MR) is 86.3 cm³/mol. The topological polar surface area (TPSA) is 111 Å². The molecule has 0 saturated carbocycles. The van der Waals surface area contributed by atoms with Gasteiger partial charge in [0, 0.05) is 48.0 Å². The monoisotopic (exact) mass is 362 g/mol. The first-order valence-electron chi connectivity index (χ1n) is 7.00. The van der Waals surface area contributed by atoms with E-state index in [9.17, 15) is 22.8 Å². The van der Waals surface area contributed by atoms with Gasteiger partial charge >= 0.3 is 5.69 Å². The molecule has 0 saturated heterocycles. The summed E-state index contributed by atoms with van der Waals surface area (Å²) in [6, 6.07) is 0. The van der Waals surface area contributed by atoms with Crippen molar-refractivity contribution in [1.29, 1.82) is 0 Å². The van der Waals surface area contributed by atoms with Crippen molar-refractivity contribution >= 4 is 15.9 Å². The van der Waals surface area contributed by atoms with Gasteiger partial charge in [0.15, 0.2) is 4.90 Å². The van der Waals surface area contributed by atoms with Crippen molar-refractivity contribution < 1.29 is 17.9 Å². The molecular weight excluding hydrogens is 340 g/mol. The van der Waals surface area contributed by atoms with E-state index in [-0.39, 0.29) is 13.2 Å². The van der Waals surface area contributed by atoms with Crippen LogP contribution in [0.25, 0.3) is 0 Å². The Hall–Kier alpha value is -1.98. The standard InChI is InChI=1S/C13H22N4O6S/c1-14(2)11(18)9-17(6-7-23-5)24(21,22)10-8-15(3)13(20)16(4)12(10)19/h8H,6-7,9H2,1-5H3. The van der Waals surface area contributed by atoms with Crippen LogP contribution in [-0.2, 0) is 33.7 Å². The molecule has 0 radical (unpaired) electrons. The molecule has 0 aliphatic rings. The Morgan fingerprint density at radius 1 is 1.25 bits per heavy atom. The molecule has 136 valence electrons. The number of methoxy groups -OCH3 is 1. The molecule has 0 bridgehead atoms. The molecule has 1 amide bonds. The number of sulfonamides is 1. The van der Waals surface area contributed by atoms with Gasteiger partial charge in [-0.3, -0.25) is 14.2 Å². The maximum atomic E-state index is 12.8. The number of aromatic nitrogens is 2. The molecule has 1 heterocycles. The SMILES string of the molecule is COCCN(CC(=O)N(C)C)S(=O)(=O)c1cn(C)c(=O)n(C)c1=O. The van der Waals surface area contributed by atoms with Crippen molar-refractivity contribution in [3.05, 3.63) is 27.0 Å². The Bertz CT molecular complexity index is 824. The lowest BCUT2D eigenvalue weighted by Gasteiger charge is -2.23. The second-order valence-electron chi connectivity index (χ2n) is 5.37. The molecule has 0 N–H and O–H groups in total. The fourth-order valence-electron chi connectivity index (χ4n) is 1.86. The largest absolute Gasteiger partial charge is 0.383 e. The zero-order valence-corrected chi connectivity index (χ0v) is 15.2. The van der Waals surface area contributed by atoms with Crippen molar-refractivity contribution in [3.63, 3.8) is 0 Å². The van der Waals surface area contributed by atoms with E-state index in [1.54, 1.807) is 0 Å². The number of amides is 1. The molecule has 0 fully saturated rings. The normalized spacial score (nSPS) is 11.8. The molecule has 0 spiro atoms. The average molecular weight is 362 g/mol. The fourth-order valence-corrected chi connectivity index (χ4v) is 3.38. The van der Waals surface area contributed by atoms with Crippen LogP contribution in [0.4, 0.5) is 0 Å². The molecule has 0 aliphatic carbocycles. The van der Waals surface area contributed by atoms with Gasteiger partial charge in [-0.2, -0.15) is 4.31 Å². The van der Waals surface area contributed by atoms with Gasteiger partial charge in [0.05, 0.1) is 13.2 Å². The zero-order valence-electron chi connectivity index (χ0n) is 14.3. The minimum Gasteiger partial charge on any atom is -0.383 e. The van der Waals surface area contributed by atoms with Gasteiger partial charge in [-0.25, -0.2) is 13.2 Å². The number of carbonyl (C=O) groups is 1. The highest BCUT2D eigenvalue weighted by Gasteiger charge is 2.30. The van der Waals surface area contributed by atoms with Crippen LogP contribution in [0.5, 0.6) is 0 Å². The number of hydrogen-bond acceptors (Lipinski definition) is 6. The van der Waals surface area contributed by atoms with Gasteiger partial charge in [-0.1, -0.05) is 0 Å². The summed E-state index contributed by atoms with van der Waals surface area (Å²) in [6.07, 6.45) is 0.958. The molecular formula is C13H22N4O6S. The first-order chi connectivity index (χ1) is 11.0. The molecule has 0 aromatic carbocycles. The number of aryl methyl sites for hydroxylation is 1. The highest BCUT2D eigenvalue weighted by molar-refractivity contribution is 7.89. The summed E-state index contributed by atoms with van der Waals surface area (Å²) in [5.41, 5.74) is -1.59. The van der Waals surface area contributed by atoms with Crippen molar-refractivity contribution in [2.45, 2.75) is 4.90 Å². The third-order valence-corrected chi connectivity index (χ3v) is 5.22. The first kappa shape index (κ1) is 20.1. The third-order valence-electron chi connectivity index (χ3n) is 3.39. The minimum absolute atomic E-state index is 0.0476. The number of likely N-dealkylation sites (N-methyl/N-ethyl adjacent to an activating group) is 1. The molecule has 1 aromatic heterocycles. The molecule has 0 unspecified atom stereocenters. The Kier molecular flexibility index (Phi) is 6.46. The zero-order chi connectivity index (χ0) is 18.7. The molecule has 0 aliphatic heterocycles. The van der Waals surface area contributed by atoms with Crippen molar-refractivity contribution in [2.24, 2.45) is 14.1 Å². The number of ether oxygens (including phenoxy) is 1. The molecule has 0 atom stereocenters. The Labute approximate surface area is 139 Å². The fraction of sp³-hybridized carbons (Fsp3) is 0.615. The van der Waals surface area contributed by atoms with E-state index < -0.39 is 38.6 Å². The second kappa shape index (κ2) is 7.73. The van der Waals surface area contributed by atoms with Crippen molar-refractivity contribution in [2.75, 3.05) is 40.9 Å². The summed E-state index contributed by atoms with van der Waals surface area (Å²) in [4.78, 5) is 36.5. The minimum atomic E-state index is -4.28. The molecule has 11 heteroatoms. The molecule has 1 rings (SSSR count). The number of nitrogens with zero attached hydrogens (tertiary/aromatic N) is 4. The highest BCUT2D eigenvalue weighted by Crippen LogP contribution is 2.11. The van der Waals surface area contributed by atoms with E-state index >= 15 is 0 Å². The van der Waals surface area contributed by atoms with Crippen LogP contribution >= 0.6 is 0 Å².